The minimum Gasteiger partial charge on any atom is -0.497 e. The minimum absolute atomic E-state index is 0.0223. The van der Waals surface area contributed by atoms with Gasteiger partial charge in [-0.05, 0) is 38.1 Å². The Morgan fingerprint density at radius 3 is 2.32 bits per heavy atom. The van der Waals surface area contributed by atoms with E-state index in [2.05, 4.69) is 5.32 Å². The van der Waals surface area contributed by atoms with Crippen molar-refractivity contribution in [3.05, 3.63) is 24.3 Å². The Balaban J connectivity index is 2.62. The first-order valence-corrected chi connectivity index (χ1v) is 7.38. The van der Waals surface area contributed by atoms with Gasteiger partial charge < -0.3 is 19.9 Å². The molecule has 0 radical (unpaired) electrons. The molecule has 0 spiro atoms. The molecule has 1 unspecified atom stereocenters. The van der Waals surface area contributed by atoms with E-state index in [9.17, 15) is 9.59 Å². The molecule has 2 atom stereocenters. The molecule has 0 aliphatic rings. The van der Waals surface area contributed by atoms with Gasteiger partial charge in [-0.1, -0.05) is 0 Å². The maximum Gasteiger partial charge on any atom is 0.280 e. The van der Waals surface area contributed by atoms with E-state index in [0.29, 0.717) is 12.2 Å². The first-order chi connectivity index (χ1) is 10.4. The molecule has 22 heavy (non-hydrogen) atoms. The average molecular weight is 308 g/mol. The number of benzene rings is 1. The maximum atomic E-state index is 12.1. The van der Waals surface area contributed by atoms with Crippen LogP contribution in [-0.4, -0.2) is 57.1 Å². The third-order valence-corrected chi connectivity index (χ3v) is 3.64. The third-order valence-electron chi connectivity index (χ3n) is 3.64. The van der Waals surface area contributed by atoms with E-state index in [4.69, 9.17) is 4.74 Å². The highest BCUT2D eigenvalue weighted by Gasteiger charge is 2.27. The smallest absolute Gasteiger partial charge is 0.280 e. The number of amides is 2. The molecular weight excluding hydrogens is 282 g/mol. The number of rotatable bonds is 7. The van der Waals surface area contributed by atoms with Crippen LogP contribution in [0.15, 0.2) is 24.3 Å². The predicted octanol–water partition coefficient (Wildman–Crippen LogP) is 0.0152. The normalized spacial score (nSPS) is 13.1. The van der Waals surface area contributed by atoms with Gasteiger partial charge in [0.1, 0.15) is 5.75 Å². The van der Waals surface area contributed by atoms with Crippen LogP contribution in [0.4, 0.5) is 5.69 Å². The van der Waals surface area contributed by atoms with Crippen LogP contribution in [0.2, 0.25) is 0 Å². The van der Waals surface area contributed by atoms with E-state index in [-0.39, 0.29) is 24.4 Å². The second kappa shape index (κ2) is 8.38. The van der Waals surface area contributed by atoms with E-state index in [0.717, 1.165) is 10.6 Å². The molecule has 0 bridgehead atoms. The standard InChI is InChI=1S/C16H25N3O3/c1-6-19(12(2)16(21)18(3)4)11-15(20)17-13-7-9-14(22-5)10-8-13/h7-10,12H,6,11H2,1-5H3,(H,17,20)/p+1/t12-/m1/s1. The zero-order valence-electron chi connectivity index (χ0n) is 14.0. The zero-order valence-corrected chi connectivity index (χ0v) is 14.0. The Labute approximate surface area is 132 Å². The average Bonchev–Trinajstić information content (AvgIpc) is 2.51. The molecule has 1 aromatic rings. The maximum absolute atomic E-state index is 12.1. The summed E-state index contributed by atoms with van der Waals surface area (Å²) in [7, 11) is 5.05. The first kappa shape index (κ1) is 18.0. The Morgan fingerprint density at radius 1 is 1.27 bits per heavy atom. The SMILES string of the molecule is CC[NH+](CC(=O)Nc1ccc(OC)cc1)[C@H](C)C(=O)N(C)C. The molecule has 122 valence electrons. The van der Waals surface area contributed by atoms with Gasteiger partial charge in [0.05, 0.1) is 13.7 Å². The fraction of sp³-hybridized carbons (Fsp3) is 0.500. The van der Waals surface area contributed by atoms with Gasteiger partial charge in [0.15, 0.2) is 12.6 Å². The van der Waals surface area contributed by atoms with Crippen molar-refractivity contribution < 1.29 is 19.2 Å². The summed E-state index contributed by atoms with van der Waals surface area (Å²) in [6.45, 7) is 4.78. The van der Waals surface area contributed by atoms with Crippen LogP contribution in [0.5, 0.6) is 5.75 Å². The number of ether oxygens (including phenoxy) is 1. The monoisotopic (exact) mass is 308 g/mol. The molecule has 0 aliphatic carbocycles. The molecule has 1 rings (SSSR count). The van der Waals surface area contributed by atoms with Crippen molar-refractivity contribution in [3.8, 4) is 5.75 Å². The van der Waals surface area contributed by atoms with Gasteiger partial charge in [0.2, 0.25) is 0 Å². The lowest BCUT2D eigenvalue weighted by Crippen LogP contribution is -3.17. The number of hydrogen-bond acceptors (Lipinski definition) is 3. The molecule has 6 nitrogen and oxygen atoms in total. The van der Waals surface area contributed by atoms with Gasteiger partial charge in [-0.25, -0.2) is 0 Å². The summed E-state index contributed by atoms with van der Waals surface area (Å²) in [5.74, 6) is 0.651. The lowest BCUT2D eigenvalue weighted by Gasteiger charge is -2.25. The highest BCUT2D eigenvalue weighted by Crippen LogP contribution is 2.14. The van der Waals surface area contributed by atoms with Crippen molar-refractivity contribution in [1.82, 2.24) is 4.90 Å². The fourth-order valence-electron chi connectivity index (χ4n) is 2.23. The van der Waals surface area contributed by atoms with Crippen molar-refractivity contribution in [2.45, 2.75) is 19.9 Å². The van der Waals surface area contributed by atoms with Crippen molar-refractivity contribution >= 4 is 17.5 Å². The summed E-state index contributed by atoms with van der Waals surface area (Å²) in [6, 6.07) is 6.91. The number of methoxy groups -OCH3 is 1. The molecule has 0 saturated heterocycles. The highest BCUT2D eigenvalue weighted by atomic mass is 16.5. The van der Waals surface area contributed by atoms with Crippen molar-refractivity contribution in [1.29, 1.82) is 0 Å². The Hall–Kier alpha value is -2.08. The molecule has 2 amide bonds. The van der Waals surface area contributed by atoms with E-state index in [1.807, 2.05) is 13.8 Å². The number of carbonyl (C=O) groups is 2. The van der Waals surface area contributed by atoms with E-state index in [1.165, 1.54) is 0 Å². The lowest BCUT2D eigenvalue weighted by atomic mass is 10.2. The van der Waals surface area contributed by atoms with Crippen LogP contribution in [0.1, 0.15) is 13.8 Å². The predicted molar refractivity (Wildman–Crippen MR) is 86.2 cm³/mol. The number of anilines is 1. The molecule has 0 saturated carbocycles. The van der Waals surface area contributed by atoms with Gasteiger partial charge in [-0.3, -0.25) is 9.59 Å². The number of hydrogen-bond donors (Lipinski definition) is 2. The second-order valence-electron chi connectivity index (χ2n) is 5.42. The minimum atomic E-state index is -0.249. The topological polar surface area (TPSA) is 63.1 Å². The van der Waals surface area contributed by atoms with Crippen molar-refractivity contribution in [2.75, 3.05) is 39.6 Å². The molecule has 1 aromatic carbocycles. The van der Waals surface area contributed by atoms with E-state index >= 15 is 0 Å². The quantitative estimate of drug-likeness (QED) is 0.746. The van der Waals surface area contributed by atoms with Gasteiger partial charge in [0, 0.05) is 19.8 Å². The van der Waals surface area contributed by atoms with Crippen LogP contribution in [0.25, 0.3) is 0 Å². The number of quaternary nitrogens is 1. The number of nitrogens with zero attached hydrogens (tertiary/aromatic N) is 1. The number of nitrogens with one attached hydrogen (secondary N) is 2. The molecule has 0 heterocycles. The van der Waals surface area contributed by atoms with Gasteiger partial charge in [-0.2, -0.15) is 0 Å². The van der Waals surface area contributed by atoms with E-state index < -0.39 is 0 Å². The van der Waals surface area contributed by atoms with Crippen molar-refractivity contribution in [2.24, 2.45) is 0 Å². The molecule has 0 aromatic heterocycles. The van der Waals surface area contributed by atoms with Crippen LogP contribution in [0, 0.1) is 0 Å². The highest BCUT2D eigenvalue weighted by molar-refractivity contribution is 5.91. The Bertz CT molecular complexity index is 500. The second-order valence-corrected chi connectivity index (χ2v) is 5.42. The summed E-state index contributed by atoms with van der Waals surface area (Å²) in [5, 5.41) is 2.84. The summed E-state index contributed by atoms with van der Waals surface area (Å²) in [4.78, 5) is 26.7. The summed E-state index contributed by atoms with van der Waals surface area (Å²) in [5.41, 5.74) is 0.716. The molecule has 0 fully saturated rings. The molecule has 6 heteroatoms. The summed E-state index contributed by atoms with van der Waals surface area (Å²) >= 11 is 0. The molecule has 2 N–H and O–H groups in total. The molecular formula is C16H26N3O3+. The van der Waals surface area contributed by atoms with Gasteiger partial charge >= 0.3 is 0 Å². The largest absolute Gasteiger partial charge is 0.497 e. The Kier molecular flexibility index (Phi) is 6.85. The summed E-state index contributed by atoms with van der Waals surface area (Å²) in [6.07, 6.45) is 0. The van der Waals surface area contributed by atoms with Gasteiger partial charge in [-0.15, -0.1) is 0 Å². The van der Waals surface area contributed by atoms with Crippen LogP contribution in [-0.2, 0) is 9.59 Å². The first-order valence-electron chi connectivity index (χ1n) is 7.38. The van der Waals surface area contributed by atoms with Gasteiger partial charge in [0.25, 0.3) is 11.8 Å². The fourth-order valence-corrected chi connectivity index (χ4v) is 2.23. The third kappa shape index (κ3) is 5.04. The summed E-state index contributed by atoms with van der Waals surface area (Å²) < 4.78 is 5.08. The number of likely N-dealkylation sites (N-methyl/N-ethyl adjacent to an activating group) is 2. The van der Waals surface area contributed by atoms with Crippen LogP contribution >= 0.6 is 0 Å². The molecule has 0 aliphatic heterocycles. The number of carbonyl (C=O) groups excluding carboxylic acids is 2. The van der Waals surface area contributed by atoms with E-state index in [1.54, 1.807) is 50.4 Å². The van der Waals surface area contributed by atoms with Crippen LogP contribution < -0.4 is 15.0 Å². The zero-order chi connectivity index (χ0) is 16.7. The van der Waals surface area contributed by atoms with Crippen molar-refractivity contribution in [3.63, 3.8) is 0 Å². The van der Waals surface area contributed by atoms with Crippen LogP contribution in [0.3, 0.4) is 0 Å². The Morgan fingerprint density at radius 2 is 1.86 bits per heavy atom. The lowest BCUT2D eigenvalue weighted by molar-refractivity contribution is -0.904.